The van der Waals surface area contributed by atoms with E-state index in [1.165, 1.54) is 13.8 Å². The van der Waals surface area contributed by atoms with Gasteiger partial charge in [-0.2, -0.15) is 0 Å². The van der Waals surface area contributed by atoms with E-state index in [1.54, 1.807) is 0 Å². The first-order chi connectivity index (χ1) is 7.88. The van der Waals surface area contributed by atoms with E-state index in [9.17, 15) is 14.4 Å². The molecular formula is C11H20N2O4. The Hall–Kier alpha value is -1.59. The second kappa shape index (κ2) is 7.65. The van der Waals surface area contributed by atoms with Crippen molar-refractivity contribution in [1.29, 1.82) is 0 Å². The Labute approximate surface area is 101 Å². The first-order valence-electron chi connectivity index (χ1n) is 5.68. The smallest absolute Gasteiger partial charge is 0.326 e. The van der Waals surface area contributed by atoms with Gasteiger partial charge in [0.25, 0.3) is 0 Å². The van der Waals surface area contributed by atoms with Crippen molar-refractivity contribution in [2.24, 2.45) is 0 Å². The van der Waals surface area contributed by atoms with Crippen molar-refractivity contribution in [1.82, 2.24) is 10.6 Å². The molecular weight excluding hydrogens is 224 g/mol. The van der Waals surface area contributed by atoms with Crippen LogP contribution in [0.15, 0.2) is 0 Å². The molecule has 0 radical (unpaired) electrons. The van der Waals surface area contributed by atoms with Crippen molar-refractivity contribution >= 4 is 17.8 Å². The van der Waals surface area contributed by atoms with Crippen molar-refractivity contribution in [3.63, 3.8) is 0 Å². The van der Waals surface area contributed by atoms with Gasteiger partial charge in [0.1, 0.15) is 12.1 Å². The van der Waals surface area contributed by atoms with E-state index in [2.05, 4.69) is 10.6 Å². The highest BCUT2D eigenvalue weighted by molar-refractivity contribution is 5.89. The third-order valence-corrected chi connectivity index (χ3v) is 2.27. The molecule has 98 valence electrons. The van der Waals surface area contributed by atoms with Gasteiger partial charge in [0.15, 0.2) is 0 Å². The zero-order valence-corrected chi connectivity index (χ0v) is 10.4. The quantitative estimate of drug-likeness (QED) is 0.599. The maximum atomic E-state index is 11.6. The van der Waals surface area contributed by atoms with Crippen molar-refractivity contribution in [2.75, 3.05) is 0 Å². The normalized spacial score (nSPS) is 13.6. The summed E-state index contributed by atoms with van der Waals surface area (Å²) >= 11 is 0. The number of carbonyl (C=O) groups is 3. The average Bonchev–Trinajstić information content (AvgIpc) is 2.22. The topological polar surface area (TPSA) is 95.5 Å². The third-order valence-electron chi connectivity index (χ3n) is 2.27. The van der Waals surface area contributed by atoms with Crippen LogP contribution in [0.5, 0.6) is 0 Å². The van der Waals surface area contributed by atoms with Crippen LogP contribution < -0.4 is 10.6 Å². The van der Waals surface area contributed by atoms with Gasteiger partial charge in [-0.3, -0.25) is 9.59 Å². The van der Waals surface area contributed by atoms with Gasteiger partial charge < -0.3 is 15.7 Å². The van der Waals surface area contributed by atoms with Gasteiger partial charge in [0, 0.05) is 6.92 Å². The zero-order valence-electron chi connectivity index (χ0n) is 10.4. The van der Waals surface area contributed by atoms with E-state index < -0.39 is 24.0 Å². The fourth-order valence-electron chi connectivity index (χ4n) is 1.33. The summed E-state index contributed by atoms with van der Waals surface area (Å²) in [6.45, 7) is 4.76. The molecule has 2 amide bonds. The molecule has 6 nitrogen and oxygen atoms in total. The van der Waals surface area contributed by atoms with Crippen molar-refractivity contribution in [3.8, 4) is 0 Å². The summed E-state index contributed by atoms with van der Waals surface area (Å²) in [7, 11) is 0. The molecule has 0 aromatic carbocycles. The lowest BCUT2D eigenvalue weighted by Crippen LogP contribution is -2.49. The molecule has 3 N–H and O–H groups in total. The Morgan fingerprint density at radius 3 is 2.24 bits per heavy atom. The summed E-state index contributed by atoms with van der Waals surface area (Å²) in [6.07, 6.45) is 1.98. The fraction of sp³-hybridized carbons (Fsp3) is 0.727. The van der Waals surface area contributed by atoms with Crippen LogP contribution in [0.4, 0.5) is 0 Å². The van der Waals surface area contributed by atoms with Crippen molar-refractivity contribution in [2.45, 2.75) is 52.1 Å². The monoisotopic (exact) mass is 244 g/mol. The van der Waals surface area contributed by atoms with Crippen molar-refractivity contribution < 1.29 is 19.5 Å². The van der Waals surface area contributed by atoms with E-state index in [4.69, 9.17) is 5.11 Å². The minimum absolute atomic E-state index is 0.326. The highest BCUT2D eigenvalue weighted by Crippen LogP contribution is 2.01. The molecule has 2 unspecified atom stereocenters. The standard InChI is InChI=1S/C11H20N2O4/c1-4-5-6-9(11(16)17)13-10(15)7(2)12-8(3)14/h7,9H,4-6H2,1-3H3,(H,12,14)(H,13,15)(H,16,17). The molecule has 17 heavy (non-hydrogen) atoms. The number of carboxylic acid groups (broad SMARTS) is 1. The van der Waals surface area contributed by atoms with Crippen LogP contribution in [0, 0.1) is 0 Å². The molecule has 6 heteroatoms. The van der Waals surface area contributed by atoms with Gasteiger partial charge in [0.05, 0.1) is 0 Å². The molecule has 0 bridgehead atoms. The van der Waals surface area contributed by atoms with Crippen LogP contribution in [-0.4, -0.2) is 35.0 Å². The minimum atomic E-state index is -1.05. The molecule has 0 aliphatic heterocycles. The Kier molecular flexibility index (Phi) is 6.93. The number of carbonyl (C=O) groups excluding carboxylic acids is 2. The Morgan fingerprint density at radius 1 is 1.24 bits per heavy atom. The van der Waals surface area contributed by atoms with Crippen LogP contribution in [0.1, 0.15) is 40.0 Å². The van der Waals surface area contributed by atoms with E-state index in [1.807, 2.05) is 6.92 Å². The Bertz CT molecular complexity index is 291. The first kappa shape index (κ1) is 15.4. The predicted molar refractivity (Wildman–Crippen MR) is 62.4 cm³/mol. The van der Waals surface area contributed by atoms with Crippen LogP contribution in [0.3, 0.4) is 0 Å². The molecule has 0 aromatic heterocycles. The lowest BCUT2D eigenvalue weighted by atomic mass is 10.1. The second-order valence-corrected chi connectivity index (χ2v) is 3.96. The van der Waals surface area contributed by atoms with Gasteiger partial charge in [-0.05, 0) is 13.3 Å². The molecule has 0 aromatic rings. The molecule has 0 rings (SSSR count). The molecule has 0 heterocycles. The van der Waals surface area contributed by atoms with Gasteiger partial charge in [-0.1, -0.05) is 19.8 Å². The lowest BCUT2D eigenvalue weighted by Gasteiger charge is -2.17. The van der Waals surface area contributed by atoms with Gasteiger partial charge >= 0.3 is 5.97 Å². The SMILES string of the molecule is CCCCC(NC(=O)C(C)NC(C)=O)C(=O)O. The highest BCUT2D eigenvalue weighted by Gasteiger charge is 2.22. The molecule has 0 saturated heterocycles. The lowest BCUT2D eigenvalue weighted by molar-refractivity contribution is -0.142. The summed E-state index contributed by atoms with van der Waals surface area (Å²) in [4.78, 5) is 33.2. The molecule has 0 spiro atoms. The minimum Gasteiger partial charge on any atom is -0.480 e. The second-order valence-electron chi connectivity index (χ2n) is 3.96. The number of aliphatic carboxylic acids is 1. The molecule has 0 aliphatic rings. The number of hydrogen-bond donors (Lipinski definition) is 3. The van der Waals surface area contributed by atoms with E-state index in [0.29, 0.717) is 6.42 Å². The van der Waals surface area contributed by atoms with E-state index in [-0.39, 0.29) is 5.91 Å². The average molecular weight is 244 g/mol. The number of carboxylic acids is 1. The number of unbranched alkanes of at least 4 members (excludes halogenated alkanes) is 1. The molecule has 0 fully saturated rings. The molecule has 2 atom stereocenters. The number of rotatable bonds is 7. The Balaban J connectivity index is 4.29. The predicted octanol–water partition coefficient (Wildman–Crippen LogP) is 0.271. The summed E-state index contributed by atoms with van der Waals surface area (Å²) in [5.41, 5.74) is 0. The summed E-state index contributed by atoms with van der Waals surface area (Å²) < 4.78 is 0. The largest absolute Gasteiger partial charge is 0.480 e. The van der Waals surface area contributed by atoms with Crippen LogP contribution in [0.25, 0.3) is 0 Å². The third kappa shape index (κ3) is 6.55. The molecule has 0 saturated carbocycles. The maximum absolute atomic E-state index is 11.6. The zero-order chi connectivity index (χ0) is 13.4. The number of nitrogens with one attached hydrogen (secondary N) is 2. The Morgan fingerprint density at radius 2 is 1.82 bits per heavy atom. The number of amides is 2. The molecule has 0 aliphatic carbocycles. The number of hydrogen-bond acceptors (Lipinski definition) is 3. The van der Waals surface area contributed by atoms with Crippen LogP contribution in [0.2, 0.25) is 0 Å². The summed E-state index contributed by atoms with van der Waals surface area (Å²) in [5, 5.41) is 13.7. The fourth-order valence-corrected chi connectivity index (χ4v) is 1.33. The van der Waals surface area contributed by atoms with Gasteiger partial charge in [0.2, 0.25) is 11.8 Å². The van der Waals surface area contributed by atoms with E-state index in [0.717, 1.165) is 12.8 Å². The van der Waals surface area contributed by atoms with E-state index >= 15 is 0 Å². The highest BCUT2D eigenvalue weighted by atomic mass is 16.4. The van der Waals surface area contributed by atoms with Crippen LogP contribution >= 0.6 is 0 Å². The van der Waals surface area contributed by atoms with Crippen LogP contribution in [-0.2, 0) is 14.4 Å². The van der Waals surface area contributed by atoms with Crippen molar-refractivity contribution in [3.05, 3.63) is 0 Å². The summed E-state index contributed by atoms with van der Waals surface area (Å²) in [5.74, 6) is -1.86. The summed E-state index contributed by atoms with van der Waals surface area (Å²) in [6, 6.07) is -1.62. The maximum Gasteiger partial charge on any atom is 0.326 e. The first-order valence-corrected chi connectivity index (χ1v) is 5.68. The van der Waals surface area contributed by atoms with Gasteiger partial charge in [-0.15, -0.1) is 0 Å². The van der Waals surface area contributed by atoms with Gasteiger partial charge in [-0.25, -0.2) is 4.79 Å².